The highest BCUT2D eigenvalue weighted by Gasteiger charge is 2.30. The largest absolute Gasteiger partial charge is 0.496 e. The molecule has 286 valence electrons. The third kappa shape index (κ3) is 8.95. The molecule has 0 aliphatic carbocycles. The minimum atomic E-state index is -0.694. The van der Waals surface area contributed by atoms with Gasteiger partial charge in [-0.15, -0.1) is 0 Å². The molecule has 0 bridgehead atoms. The highest BCUT2D eigenvalue weighted by Crippen LogP contribution is 2.44. The number of halogens is 2. The quantitative estimate of drug-likeness (QED) is 0.157. The van der Waals surface area contributed by atoms with E-state index in [-0.39, 0.29) is 18.5 Å². The third-order valence-corrected chi connectivity index (χ3v) is 10.5. The zero-order chi connectivity index (χ0) is 38.7. The summed E-state index contributed by atoms with van der Waals surface area (Å²) in [5, 5.41) is 13.9. The van der Waals surface area contributed by atoms with Crippen LogP contribution in [0.3, 0.4) is 0 Å². The molecule has 1 fully saturated rings. The van der Waals surface area contributed by atoms with E-state index in [1.165, 1.54) is 12.7 Å². The van der Waals surface area contributed by atoms with Crippen molar-refractivity contribution in [3.05, 3.63) is 87.4 Å². The van der Waals surface area contributed by atoms with E-state index in [1.807, 2.05) is 82.3 Å². The molecule has 2 N–H and O–H groups in total. The molecule has 0 unspecified atom stereocenters. The standard InChI is InChI=1S/C42H48Cl2N4O6/c1-25(49)21-47-18-17-26-19-28(20-36(52-5)34(26)24-47)30-9-7-10-31(38(30)43)32-11-8-12-33(39(32)44)35-15-13-27(40(46-35)53-6)22-48(41(51)54-42(2,3)4)23-29-14-16-37(50)45-29/h7-13,15,19-20,25,29,49H,14,16-18,21-24H2,1-6H3,(H,45,50)/t25-,29-/m0/s1. The smallest absolute Gasteiger partial charge is 0.410 e. The van der Waals surface area contributed by atoms with Crippen LogP contribution in [0.2, 0.25) is 10.0 Å². The van der Waals surface area contributed by atoms with Crippen LogP contribution in [0.25, 0.3) is 33.5 Å². The van der Waals surface area contributed by atoms with Gasteiger partial charge in [0.25, 0.3) is 0 Å². The van der Waals surface area contributed by atoms with Gasteiger partial charge >= 0.3 is 6.09 Å². The summed E-state index contributed by atoms with van der Waals surface area (Å²) in [6.45, 7) is 9.89. The van der Waals surface area contributed by atoms with E-state index in [0.717, 1.165) is 46.5 Å². The van der Waals surface area contributed by atoms with Gasteiger partial charge in [-0.2, -0.15) is 0 Å². The minimum Gasteiger partial charge on any atom is -0.496 e. The normalized spacial score (nSPS) is 16.4. The van der Waals surface area contributed by atoms with Gasteiger partial charge in [0.1, 0.15) is 11.4 Å². The molecule has 2 atom stereocenters. The molecule has 54 heavy (non-hydrogen) atoms. The van der Waals surface area contributed by atoms with E-state index in [4.69, 9.17) is 42.4 Å². The first kappa shape index (κ1) is 39.3. The average Bonchev–Trinajstić information content (AvgIpc) is 3.54. The Labute approximate surface area is 327 Å². The number of hydrogen-bond acceptors (Lipinski definition) is 8. The van der Waals surface area contributed by atoms with E-state index in [0.29, 0.717) is 65.2 Å². The van der Waals surface area contributed by atoms with Gasteiger partial charge in [-0.05, 0) is 69.9 Å². The van der Waals surface area contributed by atoms with Crippen LogP contribution in [0, 0.1) is 0 Å². The summed E-state index contributed by atoms with van der Waals surface area (Å²) in [4.78, 5) is 33.9. The van der Waals surface area contributed by atoms with Crippen LogP contribution in [0.4, 0.5) is 4.79 Å². The number of aliphatic hydroxyl groups excluding tert-OH is 1. The number of carbonyl (C=O) groups excluding carboxylic acids is 2. The van der Waals surface area contributed by atoms with Crippen molar-refractivity contribution in [2.75, 3.05) is 33.9 Å². The molecule has 0 spiro atoms. The summed E-state index contributed by atoms with van der Waals surface area (Å²) >= 11 is 14.4. The number of benzene rings is 3. The second-order valence-electron chi connectivity index (χ2n) is 15.0. The lowest BCUT2D eigenvalue weighted by molar-refractivity contribution is -0.119. The van der Waals surface area contributed by atoms with E-state index >= 15 is 0 Å². The second-order valence-corrected chi connectivity index (χ2v) is 15.8. The highest BCUT2D eigenvalue weighted by atomic mass is 35.5. The maximum atomic E-state index is 13.3. The Morgan fingerprint density at radius 2 is 1.69 bits per heavy atom. The molecule has 1 saturated heterocycles. The molecular formula is C42H48Cl2N4O6. The lowest BCUT2D eigenvalue weighted by Crippen LogP contribution is -2.43. The number of β-amino-alcohol motifs (C(OH)–C–C–N with tert-alkyl or cyclic N) is 1. The van der Waals surface area contributed by atoms with Crippen LogP contribution in [-0.4, -0.2) is 83.5 Å². The average molecular weight is 776 g/mol. The van der Waals surface area contributed by atoms with Crippen LogP contribution in [0.15, 0.2) is 60.7 Å². The van der Waals surface area contributed by atoms with Gasteiger partial charge in [-0.25, -0.2) is 9.78 Å². The topological polar surface area (TPSA) is 113 Å². The van der Waals surface area contributed by atoms with Crippen molar-refractivity contribution in [2.24, 2.45) is 0 Å². The number of hydrogen-bond donors (Lipinski definition) is 2. The Hall–Kier alpha value is -4.35. The van der Waals surface area contributed by atoms with Gasteiger partial charge in [-0.1, -0.05) is 65.7 Å². The molecule has 10 nitrogen and oxygen atoms in total. The van der Waals surface area contributed by atoms with Crippen molar-refractivity contribution in [3.8, 4) is 45.1 Å². The first-order valence-corrected chi connectivity index (χ1v) is 19.0. The van der Waals surface area contributed by atoms with Crippen molar-refractivity contribution in [1.29, 1.82) is 0 Å². The number of fused-ring (bicyclic) bond motifs is 1. The summed E-state index contributed by atoms with van der Waals surface area (Å²) in [5.41, 5.74) is 6.93. The van der Waals surface area contributed by atoms with Crippen molar-refractivity contribution in [1.82, 2.24) is 20.1 Å². The van der Waals surface area contributed by atoms with Crippen LogP contribution >= 0.6 is 23.2 Å². The third-order valence-electron chi connectivity index (χ3n) is 9.67. The van der Waals surface area contributed by atoms with Gasteiger partial charge in [0.2, 0.25) is 11.8 Å². The van der Waals surface area contributed by atoms with Crippen molar-refractivity contribution >= 4 is 35.2 Å². The van der Waals surface area contributed by atoms with Crippen LogP contribution in [0.1, 0.15) is 57.2 Å². The summed E-state index contributed by atoms with van der Waals surface area (Å²) in [6, 6.07) is 19.4. The molecule has 2 aliphatic rings. The molecule has 3 heterocycles. The van der Waals surface area contributed by atoms with E-state index < -0.39 is 17.8 Å². The minimum absolute atomic E-state index is 0.0273. The van der Waals surface area contributed by atoms with Crippen LogP contribution < -0.4 is 14.8 Å². The first-order chi connectivity index (χ1) is 25.7. The second kappa shape index (κ2) is 16.6. The fourth-order valence-corrected chi connectivity index (χ4v) is 7.85. The maximum Gasteiger partial charge on any atom is 0.410 e. The number of ether oxygens (including phenoxy) is 3. The number of methoxy groups -OCH3 is 2. The van der Waals surface area contributed by atoms with Crippen LogP contribution in [-0.2, 0) is 29.0 Å². The Morgan fingerprint density at radius 1 is 1.00 bits per heavy atom. The maximum absolute atomic E-state index is 13.3. The summed E-state index contributed by atoms with van der Waals surface area (Å²) < 4.78 is 17.3. The Kier molecular flexibility index (Phi) is 12.1. The SMILES string of the molecule is COc1cc(-c2cccc(-c3cccc(-c4ccc(CN(C[C@@H]5CCC(=O)N5)C(=O)OC(C)(C)C)c(OC)n4)c3Cl)c2Cl)cc2c1CN(C[C@H](C)O)CC2. The number of rotatable bonds is 11. The summed E-state index contributed by atoms with van der Waals surface area (Å²) in [7, 11) is 3.22. The molecule has 4 aromatic rings. The molecule has 0 radical (unpaired) electrons. The number of aromatic nitrogens is 1. The molecule has 0 saturated carbocycles. The predicted molar refractivity (Wildman–Crippen MR) is 212 cm³/mol. The molecule has 2 amide bonds. The van der Waals surface area contributed by atoms with Gasteiger partial charge < -0.3 is 29.5 Å². The Morgan fingerprint density at radius 3 is 2.31 bits per heavy atom. The van der Waals surface area contributed by atoms with Crippen molar-refractivity contribution < 1.29 is 28.9 Å². The van der Waals surface area contributed by atoms with E-state index in [2.05, 4.69) is 16.3 Å². The zero-order valence-electron chi connectivity index (χ0n) is 31.7. The number of nitrogens with one attached hydrogen (secondary N) is 1. The molecule has 3 aromatic carbocycles. The summed E-state index contributed by atoms with van der Waals surface area (Å²) in [5.74, 6) is 1.11. The number of aliphatic hydroxyl groups is 1. The first-order valence-electron chi connectivity index (χ1n) is 18.2. The summed E-state index contributed by atoms with van der Waals surface area (Å²) in [6.07, 6.45) is 1.01. The molecule has 6 rings (SSSR count). The van der Waals surface area contributed by atoms with Gasteiger partial charge in [0, 0.05) is 72.0 Å². The number of carbonyl (C=O) groups is 2. The Balaban J connectivity index is 1.29. The van der Waals surface area contributed by atoms with Crippen molar-refractivity contribution in [3.63, 3.8) is 0 Å². The number of nitrogens with zero attached hydrogens (tertiary/aromatic N) is 3. The predicted octanol–water partition coefficient (Wildman–Crippen LogP) is 8.16. The molecule has 2 aliphatic heterocycles. The zero-order valence-corrected chi connectivity index (χ0v) is 33.2. The van der Waals surface area contributed by atoms with Crippen LogP contribution in [0.5, 0.6) is 11.6 Å². The molecule has 12 heteroatoms. The van der Waals surface area contributed by atoms with Gasteiger partial charge in [-0.3, -0.25) is 9.69 Å². The monoisotopic (exact) mass is 774 g/mol. The van der Waals surface area contributed by atoms with Gasteiger partial charge in [0.05, 0.1) is 42.6 Å². The number of amides is 2. The Bertz CT molecular complexity index is 2010. The van der Waals surface area contributed by atoms with E-state index in [1.54, 1.807) is 12.0 Å². The van der Waals surface area contributed by atoms with E-state index in [9.17, 15) is 14.7 Å². The highest BCUT2D eigenvalue weighted by molar-refractivity contribution is 6.39. The lowest BCUT2D eigenvalue weighted by atomic mass is 9.91. The molecular weight excluding hydrogens is 727 g/mol. The van der Waals surface area contributed by atoms with Crippen molar-refractivity contribution in [2.45, 2.75) is 77.8 Å². The van der Waals surface area contributed by atoms with Gasteiger partial charge in [0.15, 0.2) is 0 Å². The molecule has 1 aromatic heterocycles. The fourth-order valence-electron chi connectivity index (χ4n) is 7.19. The lowest BCUT2D eigenvalue weighted by Gasteiger charge is -2.31. The number of pyridine rings is 1. The fraction of sp³-hybridized carbons (Fsp3) is 0.405.